The Labute approximate surface area is 114 Å². The summed E-state index contributed by atoms with van der Waals surface area (Å²) >= 11 is 0. The van der Waals surface area contributed by atoms with E-state index in [1.54, 1.807) is 41.5 Å². The first-order valence-corrected chi connectivity index (χ1v) is 6.15. The summed E-state index contributed by atoms with van der Waals surface area (Å²) < 4.78 is 5.10. The molecule has 1 atom stereocenters. The van der Waals surface area contributed by atoms with E-state index in [0.29, 0.717) is 0 Å². The summed E-state index contributed by atoms with van der Waals surface area (Å²) in [5.74, 6) is -1.35. The fraction of sp³-hybridized carbons (Fsp3) is 0.846. The first kappa shape index (κ1) is 17.7. The Morgan fingerprint density at radius 3 is 1.89 bits per heavy atom. The van der Waals surface area contributed by atoms with E-state index in [1.165, 1.54) is 0 Å². The minimum absolute atomic E-state index is 0.494. The summed E-state index contributed by atoms with van der Waals surface area (Å²) in [6.07, 6.45) is -1.26. The van der Waals surface area contributed by atoms with E-state index in [-0.39, 0.29) is 0 Å². The van der Waals surface area contributed by atoms with Gasteiger partial charge < -0.3 is 25.1 Å². The van der Waals surface area contributed by atoms with Crippen molar-refractivity contribution in [3.8, 4) is 0 Å². The average Bonchev–Trinajstić information content (AvgIpc) is 2.10. The van der Waals surface area contributed by atoms with Gasteiger partial charge in [0.2, 0.25) is 0 Å². The quantitative estimate of drug-likeness (QED) is 0.774. The number of hydrogen-bond donors (Lipinski definition) is 2. The average molecular weight is 274 g/mol. The highest BCUT2D eigenvalue weighted by Gasteiger charge is 2.43. The topological polar surface area (TPSA) is 98.7 Å². The lowest BCUT2D eigenvalue weighted by molar-refractivity contribution is -0.308. The molecule has 1 amide bonds. The van der Waals surface area contributed by atoms with E-state index in [9.17, 15) is 19.8 Å². The SMILES string of the molecule is CC(C)(C)OC(=O)NC(CO)(CC(=O)[O-])C(C)(C)C. The van der Waals surface area contributed by atoms with Crippen LogP contribution in [0.5, 0.6) is 0 Å². The number of carboxylic acid groups (broad SMARTS) is 1. The van der Waals surface area contributed by atoms with Crippen molar-refractivity contribution in [1.29, 1.82) is 0 Å². The van der Waals surface area contributed by atoms with Crippen LogP contribution >= 0.6 is 0 Å². The maximum absolute atomic E-state index is 11.8. The molecule has 0 fully saturated rings. The summed E-state index contributed by atoms with van der Waals surface area (Å²) in [5.41, 5.74) is -2.72. The molecule has 0 rings (SSSR count). The zero-order chi connectivity index (χ0) is 15.5. The highest BCUT2D eigenvalue weighted by Crippen LogP contribution is 2.33. The third kappa shape index (κ3) is 5.46. The fourth-order valence-electron chi connectivity index (χ4n) is 1.57. The summed E-state index contributed by atoms with van der Waals surface area (Å²) in [4.78, 5) is 22.7. The van der Waals surface area contributed by atoms with Gasteiger partial charge >= 0.3 is 6.09 Å². The molecular formula is C13H24NO5-. The molecule has 6 heteroatoms. The number of carbonyl (C=O) groups is 2. The number of aliphatic hydroxyl groups is 1. The second kappa shape index (κ2) is 5.77. The van der Waals surface area contributed by atoms with E-state index >= 15 is 0 Å². The van der Waals surface area contributed by atoms with Crippen LogP contribution in [0.2, 0.25) is 0 Å². The molecule has 1 unspecified atom stereocenters. The molecule has 0 heterocycles. The van der Waals surface area contributed by atoms with E-state index in [4.69, 9.17) is 4.74 Å². The van der Waals surface area contributed by atoms with Gasteiger partial charge in [-0.25, -0.2) is 4.79 Å². The van der Waals surface area contributed by atoms with E-state index in [0.717, 1.165) is 0 Å². The number of amides is 1. The number of ether oxygens (including phenoxy) is 1. The number of aliphatic carboxylic acids is 1. The van der Waals surface area contributed by atoms with Gasteiger partial charge in [-0.15, -0.1) is 0 Å². The van der Waals surface area contributed by atoms with Crippen LogP contribution in [0.1, 0.15) is 48.0 Å². The fourth-order valence-corrected chi connectivity index (χ4v) is 1.57. The van der Waals surface area contributed by atoms with Gasteiger partial charge in [-0.2, -0.15) is 0 Å². The number of hydrogen-bond acceptors (Lipinski definition) is 5. The minimum atomic E-state index is -1.35. The van der Waals surface area contributed by atoms with Gasteiger partial charge in [0, 0.05) is 12.4 Å². The van der Waals surface area contributed by atoms with Gasteiger partial charge in [-0.3, -0.25) is 0 Å². The maximum atomic E-state index is 11.8. The number of nitrogens with one attached hydrogen (secondary N) is 1. The van der Waals surface area contributed by atoms with Gasteiger partial charge in [0.1, 0.15) is 5.60 Å². The Morgan fingerprint density at radius 2 is 1.63 bits per heavy atom. The van der Waals surface area contributed by atoms with Crippen LogP contribution in [0.3, 0.4) is 0 Å². The molecular weight excluding hydrogens is 250 g/mol. The van der Waals surface area contributed by atoms with Crippen LogP contribution in [-0.2, 0) is 9.53 Å². The summed E-state index contributed by atoms with van der Waals surface area (Å²) in [6, 6.07) is 0. The highest BCUT2D eigenvalue weighted by atomic mass is 16.6. The number of rotatable bonds is 4. The molecule has 0 aliphatic carbocycles. The number of alkyl carbamates (subject to hydrolysis) is 1. The lowest BCUT2D eigenvalue weighted by Crippen LogP contribution is -2.62. The van der Waals surface area contributed by atoms with Gasteiger partial charge in [0.25, 0.3) is 0 Å². The van der Waals surface area contributed by atoms with Crippen LogP contribution in [-0.4, -0.2) is 34.9 Å². The van der Waals surface area contributed by atoms with Gasteiger partial charge in [0.15, 0.2) is 0 Å². The molecule has 0 aromatic rings. The van der Waals surface area contributed by atoms with E-state index < -0.39 is 41.6 Å². The lowest BCUT2D eigenvalue weighted by Gasteiger charge is -2.44. The molecule has 0 aromatic heterocycles. The molecule has 0 aliphatic rings. The molecule has 0 saturated heterocycles. The zero-order valence-electron chi connectivity index (χ0n) is 12.5. The predicted octanol–water partition coefficient (Wildman–Crippen LogP) is 0.428. The van der Waals surface area contributed by atoms with Crippen molar-refractivity contribution in [1.82, 2.24) is 5.32 Å². The van der Waals surface area contributed by atoms with E-state index in [2.05, 4.69) is 5.32 Å². The maximum Gasteiger partial charge on any atom is 0.408 e. The van der Waals surface area contributed by atoms with Crippen LogP contribution < -0.4 is 10.4 Å². The first-order chi connectivity index (χ1) is 8.33. The van der Waals surface area contributed by atoms with E-state index in [1.807, 2.05) is 0 Å². The Morgan fingerprint density at radius 1 is 1.16 bits per heavy atom. The predicted molar refractivity (Wildman–Crippen MR) is 68.3 cm³/mol. The second-order valence-corrected chi connectivity index (χ2v) is 6.67. The molecule has 0 aliphatic heterocycles. The molecule has 0 bridgehead atoms. The van der Waals surface area contributed by atoms with Crippen molar-refractivity contribution < 1.29 is 24.5 Å². The Balaban J connectivity index is 5.16. The molecule has 0 saturated carbocycles. The van der Waals surface area contributed by atoms with Crippen molar-refractivity contribution in [2.24, 2.45) is 5.41 Å². The Hall–Kier alpha value is -1.30. The van der Waals surface area contributed by atoms with Gasteiger partial charge in [-0.05, 0) is 26.2 Å². The highest BCUT2D eigenvalue weighted by molar-refractivity contribution is 5.72. The monoisotopic (exact) mass is 274 g/mol. The normalized spacial score (nSPS) is 15.5. The van der Waals surface area contributed by atoms with Gasteiger partial charge in [-0.1, -0.05) is 20.8 Å². The standard InChI is InChI=1S/C13H25NO5/c1-11(2,3)13(8-15,7-9(16)17)14-10(18)19-12(4,5)6/h15H,7-8H2,1-6H3,(H,14,18)(H,16,17)/p-1. The molecule has 0 aromatic carbocycles. The van der Waals surface area contributed by atoms with Crippen molar-refractivity contribution in [2.75, 3.05) is 6.61 Å². The summed E-state index contributed by atoms with van der Waals surface area (Å²) in [7, 11) is 0. The smallest absolute Gasteiger partial charge is 0.408 e. The van der Waals surface area contributed by atoms with Crippen molar-refractivity contribution in [2.45, 2.75) is 59.1 Å². The Kier molecular flexibility index (Phi) is 5.38. The van der Waals surface area contributed by atoms with Crippen molar-refractivity contribution in [3.05, 3.63) is 0 Å². The van der Waals surface area contributed by atoms with Crippen molar-refractivity contribution in [3.63, 3.8) is 0 Å². The van der Waals surface area contributed by atoms with Crippen LogP contribution in [0.25, 0.3) is 0 Å². The minimum Gasteiger partial charge on any atom is -0.550 e. The molecule has 6 nitrogen and oxygen atoms in total. The molecule has 2 N–H and O–H groups in total. The molecule has 112 valence electrons. The largest absolute Gasteiger partial charge is 0.550 e. The van der Waals surface area contributed by atoms with Gasteiger partial charge in [0.05, 0.1) is 12.1 Å². The third-order valence-corrected chi connectivity index (χ3v) is 2.89. The second-order valence-electron chi connectivity index (χ2n) is 6.67. The number of carbonyl (C=O) groups excluding carboxylic acids is 2. The number of aliphatic hydroxyl groups excluding tert-OH is 1. The Bertz CT molecular complexity index is 340. The summed E-state index contributed by atoms with van der Waals surface area (Å²) in [6.45, 7) is 9.75. The molecule has 0 spiro atoms. The molecule has 19 heavy (non-hydrogen) atoms. The summed E-state index contributed by atoms with van der Waals surface area (Å²) in [5, 5.41) is 22.9. The lowest BCUT2D eigenvalue weighted by atomic mass is 9.72. The van der Waals surface area contributed by atoms with Crippen molar-refractivity contribution >= 4 is 12.1 Å². The third-order valence-electron chi connectivity index (χ3n) is 2.89. The zero-order valence-corrected chi connectivity index (χ0v) is 12.5. The number of carboxylic acids is 1. The van der Waals surface area contributed by atoms with Crippen LogP contribution in [0, 0.1) is 5.41 Å². The molecule has 0 radical (unpaired) electrons. The first-order valence-electron chi connectivity index (χ1n) is 6.15. The van der Waals surface area contributed by atoms with Crippen LogP contribution in [0.15, 0.2) is 0 Å². The van der Waals surface area contributed by atoms with Crippen LogP contribution in [0.4, 0.5) is 4.79 Å².